The molecule has 0 aromatic carbocycles. The van der Waals surface area contributed by atoms with Crippen molar-refractivity contribution in [1.82, 2.24) is 15.5 Å². The average Bonchev–Trinajstić information content (AvgIpc) is 3.38. The van der Waals surface area contributed by atoms with Gasteiger partial charge in [0, 0.05) is 26.7 Å². The standard InChI is InChI=1S/C22H37N3O5/c1-3-4-7-12-24-20(28)18-22-11-10-15(30-22)16(19(27)23-2)17(22)21(29)25(18)13-8-5-6-9-14-26/h15-18,26H,3-14H2,1-2H3,(H,23,27)(H,24,28)/t15-,16+,17+,18?,22?/m1/s1. The second-order valence-corrected chi connectivity index (χ2v) is 8.84. The highest BCUT2D eigenvalue weighted by molar-refractivity contribution is 5.98. The van der Waals surface area contributed by atoms with Gasteiger partial charge in [0.1, 0.15) is 11.6 Å². The van der Waals surface area contributed by atoms with Gasteiger partial charge in [-0.05, 0) is 32.1 Å². The summed E-state index contributed by atoms with van der Waals surface area (Å²) in [5.41, 5.74) is -0.890. The van der Waals surface area contributed by atoms with E-state index in [1.807, 2.05) is 0 Å². The maximum Gasteiger partial charge on any atom is 0.245 e. The molecule has 2 bridgehead atoms. The van der Waals surface area contributed by atoms with Crippen molar-refractivity contribution in [3.63, 3.8) is 0 Å². The number of aliphatic hydroxyl groups excluding tert-OH is 1. The van der Waals surface area contributed by atoms with Crippen LogP contribution in [-0.4, -0.2) is 72.2 Å². The number of carbonyl (C=O) groups is 3. The normalized spacial score (nSPS) is 31.8. The van der Waals surface area contributed by atoms with Gasteiger partial charge in [-0.25, -0.2) is 0 Å². The summed E-state index contributed by atoms with van der Waals surface area (Å²) in [6, 6.07) is -0.672. The molecule has 3 heterocycles. The second-order valence-electron chi connectivity index (χ2n) is 8.84. The van der Waals surface area contributed by atoms with E-state index in [1.165, 1.54) is 0 Å². The number of nitrogens with zero attached hydrogens (tertiary/aromatic N) is 1. The minimum Gasteiger partial charge on any atom is -0.396 e. The van der Waals surface area contributed by atoms with Crippen LogP contribution in [0.15, 0.2) is 0 Å². The highest BCUT2D eigenvalue weighted by Crippen LogP contribution is 2.58. The first-order valence-corrected chi connectivity index (χ1v) is 11.6. The number of rotatable bonds is 12. The molecule has 3 fully saturated rings. The summed E-state index contributed by atoms with van der Waals surface area (Å²) in [4.78, 5) is 41.0. The Labute approximate surface area is 179 Å². The van der Waals surface area contributed by atoms with E-state index in [9.17, 15) is 14.4 Å². The minimum absolute atomic E-state index is 0.123. The fourth-order valence-corrected chi connectivity index (χ4v) is 5.59. The molecule has 170 valence electrons. The summed E-state index contributed by atoms with van der Waals surface area (Å²) in [6.45, 7) is 3.35. The third-order valence-corrected chi connectivity index (χ3v) is 6.98. The van der Waals surface area contributed by atoms with Crippen LogP contribution in [0.1, 0.15) is 64.7 Å². The predicted octanol–water partition coefficient (Wildman–Crippen LogP) is 0.966. The van der Waals surface area contributed by atoms with E-state index >= 15 is 0 Å². The van der Waals surface area contributed by atoms with Gasteiger partial charge in [-0.3, -0.25) is 14.4 Å². The lowest BCUT2D eigenvalue weighted by molar-refractivity contribution is -0.142. The molecule has 3 saturated heterocycles. The number of fused-ring (bicyclic) bond motifs is 1. The average molecular weight is 424 g/mol. The van der Waals surface area contributed by atoms with Crippen molar-refractivity contribution < 1.29 is 24.2 Å². The zero-order valence-corrected chi connectivity index (χ0v) is 18.3. The van der Waals surface area contributed by atoms with Crippen LogP contribution >= 0.6 is 0 Å². The number of nitrogens with one attached hydrogen (secondary N) is 2. The summed E-state index contributed by atoms with van der Waals surface area (Å²) in [5, 5.41) is 14.7. The molecule has 2 unspecified atom stereocenters. The van der Waals surface area contributed by atoms with Crippen LogP contribution in [0.5, 0.6) is 0 Å². The quantitative estimate of drug-likeness (QED) is 0.405. The summed E-state index contributed by atoms with van der Waals surface area (Å²) in [6.07, 6.45) is 7.35. The van der Waals surface area contributed by atoms with Crippen LogP contribution < -0.4 is 10.6 Å². The number of amides is 3. The van der Waals surface area contributed by atoms with Gasteiger partial charge >= 0.3 is 0 Å². The SMILES string of the molecule is CCCCCNC(=O)C1N(CCCCCCO)C(=O)[C@@H]2[C@@H](C(=O)NC)[C@H]3CCC12O3. The van der Waals surface area contributed by atoms with Gasteiger partial charge < -0.3 is 25.4 Å². The Bertz CT molecular complexity index is 642. The maximum absolute atomic E-state index is 13.5. The number of aliphatic hydroxyl groups is 1. The number of ether oxygens (including phenoxy) is 1. The number of hydrogen-bond donors (Lipinski definition) is 3. The Balaban J connectivity index is 1.78. The fourth-order valence-electron chi connectivity index (χ4n) is 5.59. The second kappa shape index (κ2) is 10.1. The van der Waals surface area contributed by atoms with Crippen LogP contribution in [0, 0.1) is 11.8 Å². The monoisotopic (exact) mass is 423 g/mol. The predicted molar refractivity (Wildman–Crippen MR) is 111 cm³/mol. The molecule has 30 heavy (non-hydrogen) atoms. The lowest BCUT2D eigenvalue weighted by Gasteiger charge is -2.33. The highest BCUT2D eigenvalue weighted by atomic mass is 16.5. The third kappa shape index (κ3) is 4.08. The summed E-state index contributed by atoms with van der Waals surface area (Å²) >= 11 is 0. The number of likely N-dealkylation sites (tertiary alicyclic amines) is 1. The molecule has 0 aromatic rings. The molecular formula is C22H37N3O5. The lowest BCUT2D eigenvalue weighted by Crippen LogP contribution is -2.55. The molecule has 8 heteroatoms. The van der Waals surface area contributed by atoms with Crippen molar-refractivity contribution in [3.8, 4) is 0 Å². The smallest absolute Gasteiger partial charge is 0.245 e. The Kier molecular flexibility index (Phi) is 7.74. The van der Waals surface area contributed by atoms with Crippen molar-refractivity contribution in [2.75, 3.05) is 26.7 Å². The topological polar surface area (TPSA) is 108 Å². The van der Waals surface area contributed by atoms with Crippen LogP contribution in [0.2, 0.25) is 0 Å². The van der Waals surface area contributed by atoms with Gasteiger partial charge in [0.25, 0.3) is 0 Å². The lowest BCUT2D eigenvalue weighted by atomic mass is 9.70. The van der Waals surface area contributed by atoms with Crippen LogP contribution in [-0.2, 0) is 19.1 Å². The van der Waals surface area contributed by atoms with E-state index in [1.54, 1.807) is 11.9 Å². The number of unbranched alkanes of at least 4 members (excludes halogenated alkanes) is 5. The van der Waals surface area contributed by atoms with Gasteiger partial charge in [0.15, 0.2) is 0 Å². The Morgan fingerprint density at radius 2 is 1.93 bits per heavy atom. The molecule has 3 N–H and O–H groups in total. The van der Waals surface area contributed by atoms with Crippen molar-refractivity contribution >= 4 is 17.7 Å². The van der Waals surface area contributed by atoms with E-state index in [0.717, 1.165) is 44.9 Å². The molecule has 5 atom stereocenters. The van der Waals surface area contributed by atoms with Crippen LogP contribution in [0.4, 0.5) is 0 Å². The molecule has 0 aromatic heterocycles. The van der Waals surface area contributed by atoms with Crippen molar-refractivity contribution in [2.45, 2.75) is 82.5 Å². The summed E-state index contributed by atoms with van der Waals surface area (Å²) < 4.78 is 6.31. The zero-order chi connectivity index (χ0) is 21.7. The molecule has 3 aliphatic heterocycles. The van der Waals surface area contributed by atoms with E-state index < -0.39 is 23.5 Å². The van der Waals surface area contributed by atoms with Crippen LogP contribution in [0.3, 0.4) is 0 Å². The van der Waals surface area contributed by atoms with Crippen molar-refractivity contribution in [3.05, 3.63) is 0 Å². The molecule has 8 nitrogen and oxygen atoms in total. The molecule has 3 rings (SSSR count). The van der Waals surface area contributed by atoms with Crippen molar-refractivity contribution in [1.29, 1.82) is 0 Å². The first-order valence-electron chi connectivity index (χ1n) is 11.6. The van der Waals surface area contributed by atoms with Gasteiger partial charge in [0.05, 0.1) is 17.9 Å². The van der Waals surface area contributed by atoms with Crippen molar-refractivity contribution in [2.24, 2.45) is 11.8 Å². The third-order valence-electron chi connectivity index (χ3n) is 6.98. The maximum atomic E-state index is 13.5. The number of hydrogen-bond acceptors (Lipinski definition) is 5. The van der Waals surface area contributed by atoms with Gasteiger partial charge in [-0.15, -0.1) is 0 Å². The fraction of sp³-hybridized carbons (Fsp3) is 0.864. The van der Waals surface area contributed by atoms with Crippen LogP contribution in [0.25, 0.3) is 0 Å². The molecular weight excluding hydrogens is 386 g/mol. The number of carbonyl (C=O) groups excluding carboxylic acids is 3. The zero-order valence-electron chi connectivity index (χ0n) is 18.3. The van der Waals surface area contributed by atoms with E-state index in [-0.39, 0.29) is 30.4 Å². The highest BCUT2D eigenvalue weighted by Gasteiger charge is 2.74. The molecule has 0 radical (unpaired) electrons. The van der Waals surface area contributed by atoms with Gasteiger partial charge in [-0.1, -0.05) is 32.6 Å². The first kappa shape index (κ1) is 23.0. The van der Waals surface area contributed by atoms with Gasteiger partial charge in [-0.2, -0.15) is 0 Å². The Morgan fingerprint density at radius 1 is 1.17 bits per heavy atom. The molecule has 0 saturated carbocycles. The largest absolute Gasteiger partial charge is 0.396 e. The molecule has 0 aliphatic carbocycles. The van der Waals surface area contributed by atoms with Gasteiger partial charge in [0.2, 0.25) is 17.7 Å². The molecule has 1 spiro atoms. The minimum atomic E-state index is -0.890. The Hall–Kier alpha value is -1.67. The summed E-state index contributed by atoms with van der Waals surface area (Å²) in [7, 11) is 1.58. The van der Waals surface area contributed by atoms with E-state index in [2.05, 4.69) is 17.6 Å². The summed E-state index contributed by atoms with van der Waals surface area (Å²) in [5.74, 6) is -1.56. The first-order chi connectivity index (χ1) is 14.5. The molecule has 3 aliphatic rings. The Morgan fingerprint density at radius 3 is 2.63 bits per heavy atom. The molecule has 3 amide bonds. The van der Waals surface area contributed by atoms with E-state index in [0.29, 0.717) is 25.9 Å². The van der Waals surface area contributed by atoms with E-state index in [4.69, 9.17) is 9.84 Å².